The molecule has 0 bridgehead atoms. The molecule has 2 rings (SSSR count). The molecule has 1 aliphatic rings. The maximum atomic E-state index is 5.18. The number of rotatable bonds is 2. The second kappa shape index (κ2) is 4.49. The standard InChI is InChI=1S/C9H15N3S2/c1-7-10-11-9(13)12(7)6-8-4-2-3-5-14-8/h8H,2-6H2,1H3,(H,11,13). The van der Waals surface area contributed by atoms with E-state index in [4.69, 9.17) is 12.2 Å². The summed E-state index contributed by atoms with van der Waals surface area (Å²) in [5.41, 5.74) is 0. The smallest absolute Gasteiger partial charge is 0.195 e. The van der Waals surface area contributed by atoms with Gasteiger partial charge in [-0.1, -0.05) is 6.42 Å². The van der Waals surface area contributed by atoms with Gasteiger partial charge in [0.1, 0.15) is 5.82 Å². The molecule has 0 radical (unpaired) electrons. The monoisotopic (exact) mass is 229 g/mol. The SMILES string of the molecule is Cc1n[nH]c(=S)n1CC1CCCCS1. The van der Waals surface area contributed by atoms with Gasteiger partial charge in [0.2, 0.25) is 0 Å². The predicted octanol–water partition coefficient (Wildman–Crippen LogP) is 2.53. The van der Waals surface area contributed by atoms with Crippen LogP contribution in [-0.2, 0) is 6.54 Å². The van der Waals surface area contributed by atoms with Crippen LogP contribution in [-0.4, -0.2) is 25.8 Å². The van der Waals surface area contributed by atoms with E-state index in [-0.39, 0.29) is 0 Å². The van der Waals surface area contributed by atoms with Crippen molar-refractivity contribution >= 4 is 24.0 Å². The third-order valence-electron chi connectivity index (χ3n) is 2.61. The molecule has 0 saturated carbocycles. The molecule has 1 aliphatic heterocycles. The van der Waals surface area contributed by atoms with Crippen molar-refractivity contribution in [1.82, 2.24) is 14.8 Å². The van der Waals surface area contributed by atoms with Gasteiger partial charge in [-0.2, -0.15) is 16.9 Å². The van der Waals surface area contributed by atoms with Crippen molar-refractivity contribution in [3.05, 3.63) is 10.6 Å². The number of aryl methyl sites for hydroxylation is 1. The van der Waals surface area contributed by atoms with E-state index in [1.54, 1.807) is 0 Å². The van der Waals surface area contributed by atoms with Gasteiger partial charge >= 0.3 is 0 Å². The molecule has 0 aromatic carbocycles. The molecule has 2 heterocycles. The molecule has 0 amide bonds. The van der Waals surface area contributed by atoms with Crippen molar-refractivity contribution in [1.29, 1.82) is 0 Å². The summed E-state index contributed by atoms with van der Waals surface area (Å²) in [5.74, 6) is 2.30. The number of H-pyrrole nitrogens is 1. The number of aromatic nitrogens is 3. The maximum Gasteiger partial charge on any atom is 0.195 e. The third kappa shape index (κ3) is 2.20. The van der Waals surface area contributed by atoms with Crippen molar-refractivity contribution in [2.75, 3.05) is 5.75 Å². The summed E-state index contributed by atoms with van der Waals surface area (Å²) in [5, 5.41) is 7.68. The summed E-state index contributed by atoms with van der Waals surface area (Å²) < 4.78 is 2.87. The Bertz CT molecular complexity index is 349. The van der Waals surface area contributed by atoms with Crippen molar-refractivity contribution in [2.24, 2.45) is 0 Å². The second-order valence-electron chi connectivity index (χ2n) is 3.68. The minimum absolute atomic E-state index is 0.728. The van der Waals surface area contributed by atoms with Crippen LogP contribution in [0.1, 0.15) is 25.1 Å². The van der Waals surface area contributed by atoms with Gasteiger partial charge in [0.05, 0.1) is 0 Å². The highest BCUT2D eigenvalue weighted by molar-refractivity contribution is 7.99. The summed E-state index contributed by atoms with van der Waals surface area (Å²) in [6.45, 7) is 3.02. The summed E-state index contributed by atoms with van der Waals surface area (Å²) in [6, 6.07) is 0. The molecule has 1 N–H and O–H groups in total. The van der Waals surface area contributed by atoms with E-state index in [0.717, 1.165) is 22.4 Å². The molecule has 1 atom stereocenters. The Labute approximate surface area is 93.3 Å². The van der Waals surface area contributed by atoms with E-state index in [1.807, 2.05) is 6.92 Å². The molecule has 1 saturated heterocycles. The normalized spacial score (nSPS) is 22.5. The van der Waals surface area contributed by atoms with Crippen LogP contribution in [0.3, 0.4) is 0 Å². The van der Waals surface area contributed by atoms with Gasteiger partial charge < -0.3 is 4.57 Å². The summed E-state index contributed by atoms with van der Waals surface area (Å²) in [7, 11) is 0. The predicted molar refractivity (Wildman–Crippen MR) is 62.2 cm³/mol. The van der Waals surface area contributed by atoms with Gasteiger partial charge in [0, 0.05) is 11.8 Å². The van der Waals surface area contributed by atoms with Crippen LogP contribution >= 0.6 is 24.0 Å². The molecule has 5 heteroatoms. The quantitative estimate of drug-likeness (QED) is 0.791. The average Bonchev–Trinajstić information content (AvgIpc) is 2.51. The molecule has 78 valence electrons. The Hall–Kier alpha value is -0.290. The van der Waals surface area contributed by atoms with E-state index in [1.165, 1.54) is 25.0 Å². The lowest BCUT2D eigenvalue weighted by Crippen LogP contribution is -2.17. The zero-order chi connectivity index (χ0) is 9.97. The van der Waals surface area contributed by atoms with Crippen LogP contribution in [0.25, 0.3) is 0 Å². The first-order valence-corrected chi connectivity index (χ1v) is 6.46. The van der Waals surface area contributed by atoms with E-state index >= 15 is 0 Å². The lowest BCUT2D eigenvalue weighted by atomic mass is 10.2. The minimum Gasteiger partial charge on any atom is -0.303 e. The maximum absolute atomic E-state index is 5.18. The van der Waals surface area contributed by atoms with E-state index < -0.39 is 0 Å². The van der Waals surface area contributed by atoms with Gasteiger partial charge in [0.25, 0.3) is 0 Å². The van der Waals surface area contributed by atoms with Gasteiger partial charge in [-0.05, 0) is 37.7 Å². The molecule has 3 nitrogen and oxygen atoms in total. The highest BCUT2D eigenvalue weighted by Gasteiger charge is 2.15. The highest BCUT2D eigenvalue weighted by Crippen LogP contribution is 2.26. The number of hydrogen-bond acceptors (Lipinski definition) is 3. The first kappa shape index (κ1) is 10.2. The van der Waals surface area contributed by atoms with E-state index in [9.17, 15) is 0 Å². The average molecular weight is 229 g/mol. The van der Waals surface area contributed by atoms with Crippen LogP contribution in [0, 0.1) is 11.7 Å². The lowest BCUT2D eigenvalue weighted by Gasteiger charge is -2.21. The first-order chi connectivity index (χ1) is 6.77. The molecule has 14 heavy (non-hydrogen) atoms. The topological polar surface area (TPSA) is 33.6 Å². The van der Waals surface area contributed by atoms with Crippen LogP contribution in [0.5, 0.6) is 0 Å². The second-order valence-corrected chi connectivity index (χ2v) is 5.47. The van der Waals surface area contributed by atoms with Crippen molar-refractivity contribution in [2.45, 2.75) is 38.0 Å². The van der Waals surface area contributed by atoms with Gasteiger partial charge in [-0.15, -0.1) is 0 Å². The van der Waals surface area contributed by atoms with Gasteiger partial charge in [-0.3, -0.25) is 5.10 Å². The largest absolute Gasteiger partial charge is 0.303 e. The fraction of sp³-hybridized carbons (Fsp3) is 0.778. The first-order valence-electron chi connectivity index (χ1n) is 5.01. The number of nitrogens with zero attached hydrogens (tertiary/aromatic N) is 2. The van der Waals surface area contributed by atoms with Crippen molar-refractivity contribution < 1.29 is 0 Å². The Morgan fingerprint density at radius 1 is 1.64 bits per heavy atom. The fourth-order valence-corrected chi connectivity index (χ4v) is 3.31. The molecule has 1 aromatic heterocycles. The number of nitrogens with one attached hydrogen (secondary N) is 1. The van der Waals surface area contributed by atoms with Gasteiger partial charge in [-0.25, -0.2) is 0 Å². The Balaban J connectivity index is 2.06. The highest BCUT2D eigenvalue weighted by atomic mass is 32.2. The number of hydrogen-bond donors (Lipinski definition) is 1. The summed E-state index contributed by atoms with van der Waals surface area (Å²) in [6.07, 6.45) is 4.05. The minimum atomic E-state index is 0.728. The molecule has 1 aromatic rings. The van der Waals surface area contributed by atoms with Crippen molar-refractivity contribution in [3.8, 4) is 0 Å². The van der Waals surface area contributed by atoms with Gasteiger partial charge in [0.15, 0.2) is 4.77 Å². The lowest BCUT2D eigenvalue weighted by molar-refractivity contribution is 0.570. The molecule has 0 spiro atoms. The molecular weight excluding hydrogens is 214 g/mol. The third-order valence-corrected chi connectivity index (χ3v) is 4.30. The summed E-state index contributed by atoms with van der Waals surface area (Å²) >= 11 is 7.25. The van der Waals surface area contributed by atoms with Crippen LogP contribution in [0.2, 0.25) is 0 Å². The molecule has 1 unspecified atom stereocenters. The van der Waals surface area contributed by atoms with Crippen molar-refractivity contribution in [3.63, 3.8) is 0 Å². The molecule has 1 fully saturated rings. The van der Waals surface area contributed by atoms with E-state index in [2.05, 4.69) is 26.5 Å². The van der Waals surface area contributed by atoms with Crippen LogP contribution < -0.4 is 0 Å². The number of aromatic amines is 1. The molecule has 0 aliphatic carbocycles. The Morgan fingerprint density at radius 2 is 2.50 bits per heavy atom. The Kier molecular flexibility index (Phi) is 3.28. The summed E-state index contributed by atoms with van der Waals surface area (Å²) in [4.78, 5) is 0. The van der Waals surface area contributed by atoms with Crippen LogP contribution in [0.4, 0.5) is 0 Å². The zero-order valence-corrected chi connectivity index (χ0v) is 9.96. The Morgan fingerprint density at radius 3 is 3.07 bits per heavy atom. The molecular formula is C9H15N3S2. The number of thioether (sulfide) groups is 1. The zero-order valence-electron chi connectivity index (χ0n) is 8.32. The van der Waals surface area contributed by atoms with E-state index in [0.29, 0.717) is 0 Å². The fourth-order valence-electron chi connectivity index (χ4n) is 1.77. The van der Waals surface area contributed by atoms with Crippen LogP contribution in [0.15, 0.2) is 0 Å².